The van der Waals surface area contributed by atoms with Crippen LogP contribution in [0, 0.1) is 5.82 Å². The standard InChI is InChI=1S/C14H19FO2/c1-4-14(5-2)16-10(3)13(17-14)11-8-6-7-9-12(11)15/h6-10,13H,4-5H2,1-3H3/t10-,13+/m0/s1. The van der Waals surface area contributed by atoms with Crippen LogP contribution < -0.4 is 0 Å². The van der Waals surface area contributed by atoms with Crippen LogP contribution in [0.2, 0.25) is 0 Å². The molecular formula is C14H19FO2. The van der Waals surface area contributed by atoms with E-state index in [0.29, 0.717) is 5.56 Å². The Morgan fingerprint density at radius 3 is 2.35 bits per heavy atom. The Morgan fingerprint density at radius 2 is 1.82 bits per heavy atom. The maximum absolute atomic E-state index is 13.7. The lowest BCUT2D eigenvalue weighted by Crippen LogP contribution is -2.28. The Balaban J connectivity index is 2.27. The maximum Gasteiger partial charge on any atom is 0.169 e. The monoisotopic (exact) mass is 238 g/mol. The lowest BCUT2D eigenvalue weighted by Gasteiger charge is -2.25. The van der Waals surface area contributed by atoms with Gasteiger partial charge in [0.25, 0.3) is 0 Å². The Morgan fingerprint density at radius 1 is 1.18 bits per heavy atom. The molecule has 1 aromatic rings. The molecule has 2 rings (SSSR count). The first-order chi connectivity index (χ1) is 8.12. The molecule has 0 unspecified atom stereocenters. The lowest BCUT2D eigenvalue weighted by atomic mass is 10.1. The zero-order valence-corrected chi connectivity index (χ0v) is 10.6. The first-order valence-corrected chi connectivity index (χ1v) is 6.22. The molecule has 0 saturated carbocycles. The SMILES string of the molecule is CCC1(CC)O[C@@H](C)[C@H](c2ccccc2F)O1. The molecule has 2 atom stereocenters. The van der Waals surface area contributed by atoms with Gasteiger partial charge < -0.3 is 9.47 Å². The summed E-state index contributed by atoms with van der Waals surface area (Å²) in [7, 11) is 0. The molecule has 0 aromatic heterocycles. The van der Waals surface area contributed by atoms with Crippen LogP contribution in [0.5, 0.6) is 0 Å². The van der Waals surface area contributed by atoms with Gasteiger partial charge in [0, 0.05) is 5.56 Å². The van der Waals surface area contributed by atoms with Crippen LogP contribution in [0.3, 0.4) is 0 Å². The molecule has 0 N–H and O–H groups in total. The average Bonchev–Trinajstić information content (AvgIpc) is 2.68. The van der Waals surface area contributed by atoms with Crippen molar-refractivity contribution in [2.75, 3.05) is 0 Å². The molecule has 1 aromatic carbocycles. The van der Waals surface area contributed by atoms with E-state index in [-0.39, 0.29) is 18.0 Å². The van der Waals surface area contributed by atoms with Crippen molar-refractivity contribution < 1.29 is 13.9 Å². The van der Waals surface area contributed by atoms with Crippen LogP contribution in [0.25, 0.3) is 0 Å². The molecule has 1 saturated heterocycles. The quantitative estimate of drug-likeness (QED) is 0.797. The average molecular weight is 238 g/mol. The predicted molar refractivity (Wildman–Crippen MR) is 64.1 cm³/mol. The van der Waals surface area contributed by atoms with Gasteiger partial charge in [0.05, 0.1) is 6.10 Å². The van der Waals surface area contributed by atoms with Crippen LogP contribution in [-0.2, 0) is 9.47 Å². The fourth-order valence-corrected chi connectivity index (χ4v) is 2.36. The van der Waals surface area contributed by atoms with E-state index in [2.05, 4.69) is 0 Å². The molecular weight excluding hydrogens is 219 g/mol. The molecule has 0 amide bonds. The van der Waals surface area contributed by atoms with E-state index in [1.165, 1.54) is 6.07 Å². The first-order valence-electron chi connectivity index (χ1n) is 6.22. The number of benzene rings is 1. The van der Waals surface area contributed by atoms with Crippen molar-refractivity contribution in [1.29, 1.82) is 0 Å². The number of hydrogen-bond acceptors (Lipinski definition) is 2. The number of ether oxygens (including phenoxy) is 2. The van der Waals surface area contributed by atoms with Gasteiger partial charge in [-0.05, 0) is 25.8 Å². The highest BCUT2D eigenvalue weighted by molar-refractivity contribution is 5.21. The van der Waals surface area contributed by atoms with Gasteiger partial charge >= 0.3 is 0 Å². The molecule has 1 heterocycles. The minimum absolute atomic E-state index is 0.119. The van der Waals surface area contributed by atoms with Crippen molar-refractivity contribution in [1.82, 2.24) is 0 Å². The Bertz CT molecular complexity index is 388. The van der Waals surface area contributed by atoms with Gasteiger partial charge in [-0.25, -0.2) is 4.39 Å². The van der Waals surface area contributed by atoms with Gasteiger partial charge in [-0.2, -0.15) is 0 Å². The summed E-state index contributed by atoms with van der Waals surface area (Å²) in [5.41, 5.74) is 0.587. The summed E-state index contributed by atoms with van der Waals surface area (Å²) in [6.45, 7) is 5.99. The van der Waals surface area contributed by atoms with Crippen LogP contribution in [-0.4, -0.2) is 11.9 Å². The Labute approximate surface area is 102 Å². The van der Waals surface area contributed by atoms with E-state index in [1.807, 2.05) is 26.8 Å². The predicted octanol–water partition coefficient (Wildman–Crippen LogP) is 3.82. The molecule has 1 fully saturated rings. The van der Waals surface area contributed by atoms with E-state index in [9.17, 15) is 4.39 Å². The molecule has 0 radical (unpaired) electrons. The van der Waals surface area contributed by atoms with E-state index in [1.54, 1.807) is 12.1 Å². The summed E-state index contributed by atoms with van der Waals surface area (Å²) in [5, 5.41) is 0. The van der Waals surface area contributed by atoms with Crippen LogP contribution in [0.1, 0.15) is 45.3 Å². The highest BCUT2D eigenvalue weighted by atomic mass is 19.1. The smallest absolute Gasteiger partial charge is 0.169 e. The van der Waals surface area contributed by atoms with Crippen molar-refractivity contribution in [2.45, 2.75) is 51.6 Å². The molecule has 2 nitrogen and oxygen atoms in total. The maximum atomic E-state index is 13.7. The lowest BCUT2D eigenvalue weighted by molar-refractivity contribution is -0.178. The van der Waals surface area contributed by atoms with Crippen molar-refractivity contribution in [3.8, 4) is 0 Å². The summed E-state index contributed by atoms with van der Waals surface area (Å²) in [6, 6.07) is 6.74. The van der Waals surface area contributed by atoms with Gasteiger partial charge in [-0.1, -0.05) is 32.0 Å². The summed E-state index contributed by atoms with van der Waals surface area (Å²) < 4.78 is 25.6. The summed E-state index contributed by atoms with van der Waals surface area (Å²) in [5.74, 6) is -0.775. The highest BCUT2D eigenvalue weighted by Gasteiger charge is 2.44. The minimum atomic E-state index is -0.549. The van der Waals surface area contributed by atoms with E-state index in [4.69, 9.17) is 9.47 Å². The molecule has 1 aliphatic rings. The fourth-order valence-electron chi connectivity index (χ4n) is 2.36. The molecule has 0 aliphatic carbocycles. The largest absolute Gasteiger partial charge is 0.344 e. The first kappa shape index (κ1) is 12.5. The number of rotatable bonds is 3. The van der Waals surface area contributed by atoms with Gasteiger partial charge in [-0.3, -0.25) is 0 Å². The van der Waals surface area contributed by atoms with Crippen molar-refractivity contribution in [3.05, 3.63) is 35.6 Å². The third-order valence-electron chi connectivity index (χ3n) is 3.46. The zero-order valence-electron chi connectivity index (χ0n) is 10.6. The van der Waals surface area contributed by atoms with Gasteiger partial charge in [0.15, 0.2) is 5.79 Å². The van der Waals surface area contributed by atoms with Crippen LogP contribution in [0.15, 0.2) is 24.3 Å². The molecule has 0 spiro atoms. The van der Waals surface area contributed by atoms with Crippen molar-refractivity contribution in [3.63, 3.8) is 0 Å². The van der Waals surface area contributed by atoms with Gasteiger partial charge in [-0.15, -0.1) is 0 Å². The third kappa shape index (κ3) is 2.22. The molecule has 17 heavy (non-hydrogen) atoms. The van der Waals surface area contributed by atoms with E-state index >= 15 is 0 Å². The van der Waals surface area contributed by atoms with Gasteiger partial charge in [0.2, 0.25) is 0 Å². The fraction of sp³-hybridized carbons (Fsp3) is 0.571. The van der Waals surface area contributed by atoms with Crippen molar-refractivity contribution >= 4 is 0 Å². The number of halogens is 1. The summed E-state index contributed by atoms with van der Waals surface area (Å²) >= 11 is 0. The Hall–Kier alpha value is -0.930. The summed E-state index contributed by atoms with van der Waals surface area (Å²) in [4.78, 5) is 0. The van der Waals surface area contributed by atoms with Crippen LogP contribution >= 0.6 is 0 Å². The third-order valence-corrected chi connectivity index (χ3v) is 3.46. The van der Waals surface area contributed by atoms with Gasteiger partial charge in [0.1, 0.15) is 11.9 Å². The molecule has 94 valence electrons. The van der Waals surface area contributed by atoms with Crippen molar-refractivity contribution in [2.24, 2.45) is 0 Å². The molecule has 1 aliphatic heterocycles. The summed E-state index contributed by atoms with van der Waals surface area (Å²) in [6.07, 6.45) is 1.13. The topological polar surface area (TPSA) is 18.5 Å². The second-order valence-corrected chi connectivity index (χ2v) is 4.50. The molecule has 0 bridgehead atoms. The minimum Gasteiger partial charge on any atom is -0.344 e. The van der Waals surface area contributed by atoms with E-state index < -0.39 is 5.79 Å². The molecule has 3 heteroatoms. The zero-order chi connectivity index (χ0) is 12.5. The van der Waals surface area contributed by atoms with E-state index in [0.717, 1.165) is 12.8 Å². The Kier molecular flexibility index (Phi) is 3.50. The second-order valence-electron chi connectivity index (χ2n) is 4.50. The second kappa shape index (κ2) is 4.75. The normalized spacial score (nSPS) is 27.3. The number of hydrogen-bond donors (Lipinski definition) is 0. The highest BCUT2D eigenvalue weighted by Crippen LogP contribution is 2.42. The van der Waals surface area contributed by atoms with Crippen LogP contribution in [0.4, 0.5) is 4.39 Å².